The normalized spacial score (nSPS) is 14.2. The number of aliphatic hydroxyl groups excluding tert-OH is 3. The van der Waals surface area contributed by atoms with Crippen LogP contribution in [0.1, 0.15) is 232 Å². The third kappa shape index (κ3) is 24.6. The third-order valence-corrected chi connectivity index (χ3v) is 13.3. The van der Waals surface area contributed by atoms with Gasteiger partial charge in [-0.25, -0.2) is 0 Å². The van der Waals surface area contributed by atoms with Crippen molar-refractivity contribution >= 4 is 17.0 Å². The van der Waals surface area contributed by atoms with Crippen molar-refractivity contribution in [1.29, 1.82) is 0 Å². The van der Waals surface area contributed by atoms with Gasteiger partial charge in [0.05, 0.1) is 24.7 Å². The van der Waals surface area contributed by atoms with Gasteiger partial charge >= 0.3 is 8.60 Å². The van der Waals surface area contributed by atoms with Crippen molar-refractivity contribution in [2.45, 2.75) is 244 Å². The van der Waals surface area contributed by atoms with Gasteiger partial charge in [0.1, 0.15) is 0 Å². The molecule has 0 rings (SSSR count). The summed E-state index contributed by atoms with van der Waals surface area (Å²) in [6.45, 7) is 2.97. The predicted octanol–water partition coefficient (Wildman–Crippen LogP) is 11.8. The molecule has 0 aliphatic rings. The molecule has 0 bridgehead atoms. The van der Waals surface area contributed by atoms with Crippen LogP contribution in [0.5, 0.6) is 0 Å². The fraction of sp³-hybridized carbons (Fsp3) is 1.00. The van der Waals surface area contributed by atoms with Crippen molar-refractivity contribution < 1.29 is 39.4 Å². The van der Waals surface area contributed by atoms with E-state index in [2.05, 4.69) is 13.8 Å². The molecule has 0 aliphatic carbocycles. The molecule has 2 atom stereocenters. The zero-order chi connectivity index (χ0) is 37.9. The lowest BCUT2D eigenvalue weighted by Gasteiger charge is -2.50. The van der Waals surface area contributed by atoms with Crippen LogP contribution in [0.2, 0.25) is 0 Å². The molecule has 8 nitrogen and oxygen atoms in total. The lowest BCUT2D eigenvalue weighted by atomic mass is 9.73. The van der Waals surface area contributed by atoms with Gasteiger partial charge < -0.3 is 34.9 Å². The average molecular weight is 769 g/mol. The Kier molecular flexibility index (Phi) is 36.6. The van der Waals surface area contributed by atoms with E-state index in [4.69, 9.17) is 4.52 Å². The van der Waals surface area contributed by atoms with Gasteiger partial charge in [-0.1, -0.05) is 213 Å². The van der Waals surface area contributed by atoms with E-state index in [0.29, 0.717) is 12.8 Å². The maximum Gasteiger partial charge on any atom is 0.328 e. The fourth-order valence-electron chi connectivity index (χ4n) is 7.70. The van der Waals surface area contributed by atoms with Crippen LogP contribution in [-0.4, -0.2) is 59.6 Å². The molecule has 0 aliphatic heterocycles. The van der Waals surface area contributed by atoms with Gasteiger partial charge in [-0.3, -0.25) is 4.52 Å². The predicted molar refractivity (Wildman–Crippen MR) is 217 cm³/mol. The number of hydrogen-bond acceptors (Lipinski definition) is 8. The summed E-state index contributed by atoms with van der Waals surface area (Å²) in [5, 5.41) is 30.4. The molecule has 0 radical (unpaired) electrons. The first-order chi connectivity index (χ1) is 24.8. The number of unbranched alkanes of at least 4 members (excludes halogenated alkanes) is 30. The maximum absolute atomic E-state index is 11.3. The van der Waals surface area contributed by atoms with Crippen LogP contribution in [-0.2, 0) is 4.52 Å². The quantitative estimate of drug-likeness (QED) is 0.0240. The Morgan fingerprint density at radius 3 is 0.961 bits per heavy atom. The van der Waals surface area contributed by atoms with Crippen molar-refractivity contribution in [2.75, 3.05) is 13.2 Å². The van der Waals surface area contributed by atoms with E-state index in [1.807, 2.05) is 0 Å². The van der Waals surface area contributed by atoms with E-state index in [1.54, 1.807) is 0 Å². The first-order valence-corrected chi connectivity index (χ1v) is 24.1. The van der Waals surface area contributed by atoms with Gasteiger partial charge in [-0.2, -0.15) is 0 Å². The van der Waals surface area contributed by atoms with Crippen LogP contribution in [0.4, 0.5) is 0 Å². The van der Waals surface area contributed by atoms with E-state index in [0.717, 1.165) is 44.9 Å². The highest BCUT2D eigenvalue weighted by Crippen LogP contribution is 2.62. The van der Waals surface area contributed by atoms with Crippen LogP contribution in [0.25, 0.3) is 0 Å². The molecule has 0 saturated carbocycles. The van der Waals surface area contributed by atoms with E-state index >= 15 is 0 Å². The summed E-state index contributed by atoms with van der Waals surface area (Å²) in [5.41, 5.74) is -1.85. The van der Waals surface area contributed by atoms with Crippen molar-refractivity contribution in [3.8, 4) is 0 Å². The van der Waals surface area contributed by atoms with E-state index in [-0.39, 0.29) is 12.8 Å². The summed E-state index contributed by atoms with van der Waals surface area (Å²) in [6.07, 6.45) is 37.5. The molecule has 2 unspecified atom stereocenters. The first-order valence-electron chi connectivity index (χ1n) is 21.7. The van der Waals surface area contributed by atoms with Gasteiger partial charge in [-0.05, 0) is 19.3 Å². The molecule has 51 heavy (non-hydrogen) atoms. The standard InChI is InChI=1S/C41H86O8P2/c1-3-5-7-9-11-13-15-17-19-21-23-25-27-29-31-33-35-39(44)40(37-42,38-43)41(50(45)46,49-51(47)48)36-34-32-30-28-26-24-22-20-18-16-14-12-10-8-6-4-2/h39,42-48H,3-38H2,1-2H3. The van der Waals surface area contributed by atoms with Gasteiger partial charge in [0.25, 0.3) is 0 Å². The Bertz CT molecular complexity index is 713. The molecule has 308 valence electrons. The first kappa shape index (κ1) is 51.5. The fourth-order valence-corrected chi connectivity index (χ4v) is 9.80. The average Bonchev–Trinajstić information content (AvgIpc) is 3.11. The van der Waals surface area contributed by atoms with Crippen LogP contribution < -0.4 is 0 Å². The summed E-state index contributed by atoms with van der Waals surface area (Å²) in [7, 11) is -6.04. The monoisotopic (exact) mass is 769 g/mol. The van der Waals surface area contributed by atoms with E-state index in [1.165, 1.54) is 148 Å². The Balaban J connectivity index is 4.50. The Labute approximate surface area is 317 Å². The van der Waals surface area contributed by atoms with Crippen LogP contribution in [0.15, 0.2) is 0 Å². The van der Waals surface area contributed by atoms with Crippen molar-refractivity contribution in [2.24, 2.45) is 5.41 Å². The highest BCUT2D eigenvalue weighted by Gasteiger charge is 2.61. The van der Waals surface area contributed by atoms with E-state index < -0.39 is 47.1 Å². The SMILES string of the molecule is CCCCCCCCCCCCCCCCCCC(O)C(CO)(CO)C(CCCCCCCCCCCCCCCCCC)(OP(O)O)P(O)O. The van der Waals surface area contributed by atoms with Crippen molar-refractivity contribution in [1.82, 2.24) is 0 Å². The Morgan fingerprint density at radius 2 is 0.706 bits per heavy atom. The van der Waals surface area contributed by atoms with E-state index in [9.17, 15) is 34.9 Å². The Hall–Kier alpha value is 0.540. The molecule has 0 fully saturated rings. The highest BCUT2D eigenvalue weighted by atomic mass is 31.2. The molecule has 10 heteroatoms. The second kappa shape index (κ2) is 36.2. The smallest absolute Gasteiger partial charge is 0.328 e. The molecule has 0 heterocycles. The molecular weight excluding hydrogens is 682 g/mol. The molecule has 0 aromatic carbocycles. The lowest BCUT2D eigenvalue weighted by Crippen LogP contribution is -2.59. The van der Waals surface area contributed by atoms with Crippen LogP contribution in [0.3, 0.4) is 0 Å². The minimum atomic E-state index is -3.04. The van der Waals surface area contributed by atoms with Gasteiger partial charge in [0, 0.05) is 0 Å². The molecule has 0 aromatic rings. The van der Waals surface area contributed by atoms with Crippen LogP contribution >= 0.6 is 17.0 Å². The second-order valence-electron chi connectivity index (χ2n) is 15.6. The number of rotatable bonds is 41. The summed E-state index contributed by atoms with van der Waals surface area (Å²) < 4.78 is 5.45. The van der Waals surface area contributed by atoms with Crippen LogP contribution in [0, 0.1) is 5.41 Å². The second-order valence-corrected chi connectivity index (χ2v) is 17.5. The molecule has 0 aromatic heterocycles. The van der Waals surface area contributed by atoms with Gasteiger partial charge in [-0.15, -0.1) is 0 Å². The zero-order valence-electron chi connectivity index (χ0n) is 33.5. The zero-order valence-corrected chi connectivity index (χ0v) is 35.3. The summed E-state index contributed by atoms with van der Waals surface area (Å²) in [5.74, 6) is 0. The number of aliphatic hydroxyl groups is 3. The highest BCUT2D eigenvalue weighted by molar-refractivity contribution is 7.48. The number of hydrogen-bond donors (Lipinski definition) is 7. The van der Waals surface area contributed by atoms with Crippen molar-refractivity contribution in [3.05, 3.63) is 0 Å². The third-order valence-electron chi connectivity index (χ3n) is 11.2. The molecule has 0 amide bonds. The minimum absolute atomic E-state index is 0.0127. The molecule has 0 spiro atoms. The summed E-state index contributed by atoms with van der Waals surface area (Å²) in [4.78, 5) is 41.0. The van der Waals surface area contributed by atoms with Crippen molar-refractivity contribution in [3.63, 3.8) is 0 Å². The van der Waals surface area contributed by atoms with Gasteiger partial charge in [0.2, 0.25) is 8.38 Å². The lowest BCUT2D eigenvalue weighted by molar-refractivity contribution is -0.146. The molecule has 0 saturated heterocycles. The molecule has 7 N–H and O–H groups in total. The maximum atomic E-state index is 11.3. The molecular formula is C41H86O8P2. The topological polar surface area (TPSA) is 151 Å². The summed E-state index contributed by atoms with van der Waals surface area (Å²) in [6, 6.07) is 0. The summed E-state index contributed by atoms with van der Waals surface area (Å²) >= 11 is 0. The van der Waals surface area contributed by atoms with Gasteiger partial charge in [0.15, 0.2) is 5.34 Å². The Morgan fingerprint density at radius 1 is 0.431 bits per heavy atom. The minimum Gasteiger partial charge on any atom is -0.395 e. The largest absolute Gasteiger partial charge is 0.395 e.